The first-order valence-corrected chi connectivity index (χ1v) is 22.2. The minimum atomic E-state index is -1.62. The van der Waals surface area contributed by atoms with Crippen LogP contribution < -0.4 is 16.0 Å². The van der Waals surface area contributed by atoms with Crippen molar-refractivity contribution >= 4 is 11.9 Å². The van der Waals surface area contributed by atoms with Crippen molar-refractivity contribution in [3.05, 3.63) is 0 Å². The van der Waals surface area contributed by atoms with Gasteiger partial charge in [0, 0.05) is 19.5 Å². The highest BCUT2D eigenvalue weighted by molar-refractivity contribution is 5.76. The molecule has 0 spiro atoms. The van der Waals surface area contributed by atoms with Crippen LogP contribution in [-0.2, 0) is 14.3 Å². The third kappa shape index (κ3) is 25.4. The molecule has 9 N–H and O–H groups in total. The van der Waals surface area contributed by atoms with E-state index in [0.29, 0.717) is 19.4 Å². The summed E-state index contributed by atoms with van der Waals surface area (Å²) in [6.07, 6.45) is 17.4. The lowest BCUT2D eigenvalue weighted by atomic mass is 9.98. The Balaban J connectivity index is 2.39. The molecule has 1 aliphatic heterocycles. The monoisotopic (exact) mass is 790 g/mol. The second-order valence-corrected chi connectivity index (χ2v) is 15.8. The Morgan fingerprint density at radius 1 is 0.618 bits per heavy atom. The van der Waals surface area contributed by atoms with Gasteiger partial charge in [-0.15, -0.1) is 0 Å². The summed E-state index contributed by atoms with van der Waals surface area (Å²) < 4.78 is 11.1. The highest BCUT2D eigenvalue weighted by atomic mass is 16.7. The van der Waals surface area contributed by atoms with E-state index in [-0.39, 0.29) is 25.0 Å². The summed E-state index contributed by atoms with van der Waals surface area (Å²) >= 11 is 0. The van der Waals surface area contributed by atoms with Crippen LogP contribution in [0.1, 0.15) is 181 Å². The van der Waals surface area contributed by atoms with Gasteiger partial charge < -0.3 is 56.1 Å². The normalized spacial score (nSPS) is 21.6. The molecule has 0 saturated carbocycles. The lowest BCUT2D eigenvalue weighted by molar-refractivity contribution is -0.303. The van der Waals surface area contributed by atoms with E-state index in [1.807, 2.05) is 0 Å². The molecule has 13 heteroatoms. The smallest absolute Gasteiger partial charge is 0.314 e. The standard InChI is InChI=1S/C42H83N3O10/c1-3-5-7-8-9-10-11-12-14-17-20-23-27-34(47)37(49)33(32-54-41-40(52)39(51)38(50)35(31-46)55-41)45-36(48)28-24-21-18-15-13-16-19-22-26-30-44-42(53)43-29-25-6-4-2/h33-35,37-41,46-47,49-52H,3-32H2,1-2H3,(H,45,48)(H2,43,44,53)/t33-,34+,35+,37-,38-,39-,40+,41-/m0/s1. The molecule has 0 aliphatic carbocycles. The van der Waals surface area contributed by atoms with Gasteiger partial charge in [0.05, 0.1) is 25.4 Å². The molecule has 55 heavy (non-hydrogen) atoms. The molecule has 1 fully saturated rings. The molecule has 0 aromatic carbocycles. The molecule has 0 aromatic heterocycles. The van der Waals surface area contributed by atoms with E-state index in [9.17, 15) is 40.2 Å². The van der Waals surface area contributed by atoms with E-state index in [1.54, 1.807) is 0 Å². The predicted molar refractivity (Wildman–Crippen MR) is 216 cm³/mol. The lowest BCUT2D eigenvalue weighted by Crippen LogP contribution is -2.60. The number of urea groups is 1. The fourth-order valence-corrected chi connectivity index (χ4v) is 7.03. The van der Waals surface area contributed by atoms with E-state index in [1.165, 1.54) is 51.4 Å². The third-order valence-corrected chi connectivity index (χ3v) is 10.7. The summed E-state index contributed by atoms with van der Waals surface area (Å²) in [5, 5.41) is 70.8. The van der Waals surface area contributed by atoms with Gasteiger partial charge in [0.1, 0.15) is 30.5 Å². The quantitative estimate of drug-likeness (QED) is 0.0365. The second kappa shape index (κ2) is 34.5. The highest BCUT2D eigenvalue weighted by Crippen LogP contribution is 2.23. The van der Waals surface area contributed by atoms with Crippen molar-refractivity contribution in [1.82, 2.24) is 16.0 Å². The summed E-state index contributed by atoms with van der Waals surface area (Å²) in [6, 6.07) is -1.09. The first-order chi connectivity index (χ1) is 26.7. The number of amides is 3. The number of carbonyl (C=O) groups is 2. The zero-order valence-electron chi connectivity index (χ0n) is 34.6. The maximum Gasteiger partial charge on any atom is 0.314 e. The molecule has 8 atom stereocenters. The van der Waals surface area contributed by atoms with Gasteiger partial charge in [-0.3, -0.25) is 4.79 Å². The van der Waals surface area contributed by atoms with Crippen LogP contribution in [0.25, 0.3) is 0 Å². The van der Waals surface area contributed by atoms with E-state index in [2.05, 4.69) is 29.8 Å². The Morgan fingerprint density at radius 2 is 1.07 bits per heavy atom. The minimum Gasteiger partial charge on any atom is -0.394 e. The Kier molecular flexibility index (Phi) is 32.2. The molecule has 3 amide bonds. The van der Waals surface area contributed by atoms with Gasteiger partial charge in [-0.2, -0.15) is 0 Å². The Hall–Kier alpha value is -1.58. The molecule has 0 aromatic rings. The molecule has 1 heterocycles. The number of aliphatic hydroxyl groups excluding tert-OH is 6. The van der Waals surface area contributed by atoms with E-state index >= 15 is 0 Å². The Morgan fingerprint density at radius 3 is 1.60 bits per heavy atom. The maximum atomic E-state index is 13.0. The molecule has 0 unspecified atom stereocenters. The zero-order chi connectivity index (χ0) is 40.5. The number of unbranched alkanes of at least 4 members (excludes halogenated alkanes) is 21. The first kappa shape index (κ1) is 51.4. The SMILES string of the molecule is CCCCCCCCCCCCCC[C@@H](O)[C@@H](O)[C@H](CO[C@H]1O[C@H](CO)[C@H](O)[C@H](O)[C@H]1O)NC(=O)CCCCCCCCCCCNC(=O)NCCCCC. The van der Waals surface area contributed by atoms with Crippen LogP contribution in [0.2, 0.25) is 0 Å². The van der Waals surface area contributed by atoms with E-state index < -0.39 is 55.6 Å². The molecular weight excluding hydrogens is 706 g/mol. The first-order valence-electron chi connectivity index (χ1n) is 22.2. The lowest BCUT2D eigenvalue weighted by Gasteiger charge is -2.40. The highest BCUT2D eigenvalue weighted by Gasteiger charge is 2.44. The van der Waals surface area contributed by atoms with Crippen molar-refractivity contribution in [3.8, 4) is 0 Å². The topological polar surface area (TPSA) is 210 Å². The summed E-state index contributed by atoms with van der Waals surface area (Å²) in [6.45, 7) is 4.85. The maximum absolute atomic E-state index is 13.0. The molecule has 13 nitrogen and oxygen atoms in total. The van der Waals surface area contributed by atoms with Gasteiger partial charge in [-0.1, -0.05) is 149 Å². The van der Waals surface area contributed by atoms with Crippen molar-refractivity contribution in [2.45, 2.75) is 230 Å². The number of carbonyl (C=O) groups excluding carboxylic acids is 2. The summed E-state index contributed by atoms with van der Waals surface area (Å²) in [4.78, 5) is 24.7. The minimum absolute atomic E-state index is 0.0829. The van der Waals surface area contributed by atoms with Crippen molar-refractivity contribution in [3.63, 3.8) is 0 Å². The molecule has 1 rings (SSSR count). The number of hydrogen-bond acceptors (Lipinski definition) is 10. The van der Waals surface area contributed by atoms with E-state index in [4.69, 9.17) is 9.47 Å². The number of ether oxygens (including phenoxy) is 2. The Labute approximate surface area is 333 Å². The third-order valence-electron chi connectivity index (χ3n) is 10.7. The van der Waals surface area contributed by atoms with Gasteiger partial charge in [0.25, 0.3) is 0 Å². The fourth-order valence-electron chi connectivity index (χ4n) is 7.03. The number of nitrogens with one attached hydrogen (secondary N) is 3. The van der Waals surface area contributed by atoms with Crippen LogP contribution in [0.4, 0.5) is 4.79 Å². The van der Waals surface area contributed by atoms with Crippen LogP contribution in [0.15, 0.2) is 0 Å². The summed E-state index contributed by atoms with van der Waals surface area (Å²) in [7, 11) is 0. The van der Waals surface area contributed by atoms with Crippen molar-refractivity contribution < 1.29 is 49.7 Å². The van der Waals surface area contributed by atoms with Gasteiger partial charge >= 0.3 is 6.03 Å². The molecule has 1 aliphatic rings. The van der Waals surface area contributed by atoms with Crippen molar-refractivity contribution in [1.29, 1.82) is 0 Å². The Bertz CT molecular complexity index is 917. The molecular formula is C42H83N3O10. The predicted octanol–water partition coefficient (Wildman–Crippen LogP) is 5.49. The van der Waals surface area contributed by atoms with Crippen LogP contribution in [-0.4, -0.2) is 118 Å². The summed E-state index contributed by atoms with van der Waals surface area (Å²) in [5.74, 6) is -0.290. The molecule has 1 saturated heterocycles. The molecule has 0 radical (unpaired) electrons. The number of rotatable bonds is 36. The molecule has 326 valence electrons. The number of hydrogen-bond donors (Lipinski definition) is 9. The summed E-state index contributed by atoms with van der Waals surface area (Å²) in [5.41, 5.74) is 0. The van der Waals surface area contributed by atoms with Crippen LogP contribution in [0.3, 0.4) is 0 Å². The van der Waals surface area contributed by atoms with E-state index in [0.717, 1.165) is 103 Å². The molecule has 0 bridgehead atoms. The average molecular weight is 790 g/mol. The van der Waals surface area contributed by atoms with Gasteiger partial charge in [-0.25, -0.2) is 4.79 Å². The van der Waals surface area contributed by atoms with Gasteiger partial charge in [-0.05, 0) is 25.7 Å². The largest absolute Gasteiger partial charge is 0.394 e. The van der Waals surface area contributed by atoms with Crippen LogP contribution in [0, 0.1) is 0 Å². The van der Waals surface area contributed by atoms with Crippen molar-refractivity contribution in [2.24, 2.45) is 0 Å². The number of aliphatic hydroxyl groups is 6. The van der Waals surface area contributed by atoms with Gasteiger partial charge in [0.15, 0.2) is 6.29 Å². The van der Waals surface area contributed by atoms with Crippen LogP contribution in [0.5, 0.6) is 0 Å². The second-order valence-electron chi connectivity index (χ2n) is 15.8. The zero-order valence-corrected chi connectivity index (χ0v) is 34.6. The van der Waals surface area contributed by atoms with Crippen LogP contribution >= 0.6 is 0 Å². The van der Waals surface area contributed by atoms with Crippen molar-refractivity contribution in [2.75, 3.05) is 26.3 Å². The van der Waals surface area contributed by atoms with Gasteiger partial charge in [0.2, 0.25) is 5.91 Å². The fraction of sp³-hybridized carbons (Fsp3) is 0.952. The average Bonchev–Trinajstić information content (AvgIpc) is 3.18.